The van der Waals surface area contributed by atoms with Gasteiger partial charge >= 0.3 is 5.97 Å². The molecule has 1 N–H and O–H groups in total. The van der Waals surface area contributed by atoms with E-state index in [9.17, 15) is 9.59 Å². The third-order valence-corrected chi connectivity index (χ3v) is 6.32. The van der Waals surface area contributed by atoms with Crippen LogP contribution in [0.1, 0.15) is 76.2 Å². The number of benzene rings is 1. The van der Waals surface area contributed by atoms with Gasteiger partial charge in [-0.3, -0.25) is 4.79 Å². The summed E-state index contributed by atoms with van der Waals surface area (Å²) >= 11 is 0. The number of hydrogen-bond donors (Lipinski definition) is 1. The third-order valence-electron chi connectivity index (χ3n) is 6.32. The van der Waals surface area contributed by atoms with Gasteiger partial charge in [-0.1, -0.05) is 19.1 Å². The average Bonchev–Trinajstić information content (AvgIpc) is 3.25. The Balaban J connectivity index is 1.56. The zero-order valence-electron chi connectivity index (χ0n) is 16.7. The standard InChI is InChI=1S/C23H27NO4/c1-13-5-4-6-20(13)28-23(26)22-14(2)21-18(24-22)11-16(12-19(21)25)15-7-9-17(27-3)10-8-15/h7-10,13,16,20,24H,4-6,11-12H2,1-3H3/t13-,16-,20-/m1/s1. The van der Waals surface area contributed by atoms with Crippen molar-refractivity contribution in [2.75, 3.05) is 7.11 Å². The lowest BCUT2D eigenvalue weighted by atomic mass is 9.81. The van der Waals surface area contributed by atoms with E-state index in [1.54, 1.807) is 7.11 Å². The van der Waals surface area contributed by atoms with E-state index < -0.39 is 0 Å². The molecule has 0 saturated heterocycles. The normalized spacial score (nSPS) is 24.1. The zero-order valence-corrected chi connectivity index (χ0v) is 16.7. The zero-order chi connectivity index (χ0) is 19.8. The smallest absolute Gasteiger partial charge is 0.355 e. The van der Waals surface area contributed by atoms with Gasteiger partial charge in [0.1, 0.15) is 17.5 Å². The van der Waals surface area contributed by atoms with E-state index in [4.69, 9.17) is 9.47 Å². The minimum Gasteiger partial charge on any atom is -0.497 e. The first kappa shape index (κ1) is 18.8. The second-order valence-electron chi connectivity index (χ2n) is 8.13. The van der Waals surface area contributed by atoms with Crippen LogP contribution in [0.4, 0.5) is 0 Å². The van der Waals surface area contributed by atoms with E-state index in [-0.39, 0.29) is 23.8 Å². The van der Waals surface area contributed by atoms with Gasteiger partial charge in [0.25, 0.3) is 0 Å². The van der Waals surface area contributed by atoms with Gasteiger partial charge in [-0.25, -0.2) is 4.79 Å². The van der Waals surface area contributed by atoms with Crippen LogP contribution in [0.2, 0.25) is 0 Å². The maximum Gasteiger partial charge on any atom is 0.355 e. The molecule has 0 unspecified atom stereocenters. The number of Topliss-reactive ketones (excluding diaryl/α,β-unsaturated/α-hetero) is 1. The van der Waals surface area contributed by atoms with E-state index in [1.165, 1.54) is 0 Å². The molecule has 1 saturated carbocycles. The number of aromatic amines is 1. The molecule has 3 atom stereocenters. The van der Waals surface area contributed by atoms with Gasteiger partial charge in [0.2, 0.25) is 0 Å². The Morgan fingerprint density at radius 2 is 1.89 bits per heavy atom. The Kier molecular flexibility index (Phi) is 5.00. The van der Waals surface area contributed by atoms with Crippen molar-refractivity contribution in [2.24, 2.45) is 5.92 Å². The minimum absolute atomic E-state index is 0.0185. The number of methoxy groups -OCH3 is 1. The van der Waals surface area contributed by atoms with E-state index in [0.29, 0.717) is 30.0 Å². The van der Waals surface area contributed by atoms with Crippen molar-refractivity contribution in [1.82, 2.24) is 4.98 Å². The van der Waals surface area contributed by atoms with E-state index >= 15 is 0 Å². The molecule has 0 spiro atoms. The molecule has 0 bridgehead atoms. The van der Waals surface area contributed by atoms with Crippen molar-refractivity contribution in [3.8, 4) is 5.75 Å². The Morgan fingerprint density at radius 1 is 1.14 bits per heavy atom. The van der Waals surface area contributed by atoms with Gasteiger partial charge in [0.05, 0.1) is 7.11 Å². The Hall–Kier alpha value is -2.56. The fraction of sp³-hybridized carbons (Fsp3) is 0.478. The van der Waals surface area contributed by atoms with Crippen LogP contribution in [0.15, 0.2) is 24.3 Å². The van der Waals surface area contributed by atoms with Gasteiger partial charge in [0, 0.05) is 17.7 Å². The van der Waals surface area contributed by atoms with Gasteiger partial charge in [-0.15, -0.1) is 0 Å². The highest BCUT2D eigenvalue weighted by atomic mass is 16.5. The lowest BCUT2D eigenvalue weighted by molar-refractivity contribution is 0.0219. The SMILES string of the molecule is COc1ccc([C@H]2CC(=O)c3c([nH]c(C(=O)O[C@@H]4CCC[C@H]4C)c3C)C2)cc1. The van der Waals surface area contributed by atoms with Crippen LogP contribution < -0.4 is 4.74 Å². The number of carbonyl (C=O) groups excluding carboxylic acids is 2. The quantitative estimate of drug-likeness (QED) is 0.787. The molecule has 1 fully saturated rings. The predicted molar refractivity (Wildman–Crippen MR) is 106 cm³/mol. The highest BCUT2D eigenvalue weighted by molar-refractivity contribution is 6.03. The molecule has 1 aromatic heterocycles. The van der Waals surface area contributed by atoms with Crippen molar-refractivity contribution in [3.05, 3.63) is 52.3 Å². The molecule has 148 valence electrons. The third kappa shape index (κ3) is 3.34. The molecule has 0 aliphatic heterocycles. The van der Waals surface area contributed by atoms with Crippen molar-refractivity contribution >= 4 is 11.8 Å². The summed E-state index contributed by atoms with van der Waals surface area (Å²) < 4.78 is 11.0. The van der Waals surface area contributed by atoms with Crippen LogP contribution in [-0.2, 0) is 11.2 Å². The first-order valence-corrected chi connectivity index (χ1v) is 10.1. The number of H-pyrrole nitrogens is 1. The molecule has 4 rings (SSSR count). The summed E-state index contributed by atoms with van der Waals surface area (Å²) in [7, 11) is 1.64. The molecule has 1 aromatic carbocycles. The summed E-state index contributed by atoms with van der Waals surface area (Å²) in [5, 5.41) is 0. The molecule has 5 nitrogen and oxygen atoms in total. The van der Waals surface area contributed by atoms with Gasteiger partial charge < -0.3 is 14.5 Å². The Bertz CT molecular complexity index is 896. The molecule has 5 heteroatoms. The molecule has 2 aromatic rings. The fourth-order valence-electron chi connectivity index (χ4n) is 4.63. The fourth-order valence-corrected chi connectivity index (χ4v) is 4.63. The van der Waals surface area contributed by atoms with Crippen LogP contribution in [0, 0.1) is 12.8 Å². The summed E-state index contributed by atoms with van der Waals surface area (Å²) in [6.45, 7) is 3.97. The maximum atomic E-state index is 12.8. The first-order chi connectivity index (χ1) is 13.5. The lowest BCUT2D eigenvalue weighted by Crippen LogP contribution is -2.21. The largest absolute Gasteiger partial charge is 0.497 e. The number of carbonyl (C=O) groups is 2. The Labute approximate surface area is 165 Å². The highest BCUT2D eigenvalue weighted by Crippen LogP contribution is 2.36. The number of hydrogen-bond acceptors (Lipinski definition) is 4. The second-order valence-corrected chi connectivity index (χ2v) is 8.13. The summed E-state index contributed by atoms with van der Waals surface area (Å²) in [4.78, 5) is 28.8. The van der Waals surface area contributed by atoms with Crippen LogP contribution in [0.25, 0.3) is 0 Å². The van der Waals surface area contributed by atoms with Gasteiger partial charge in [-0.2, -0.15) is 0 Å². The van der Waals surface area contributed by atoms with E-state index in [1.807, 2.05) is 31.2 Å². The number of aromatic nitrogens is 1. The number of esters is 1. The number of ether oxygens (including phenoxy) is 2. The Morgan fingerprint density at radius 3 is 2.54 bits per heavy atom. The molecule has 1 heterocycles. The topological polar surface area (TPSA) is 68.4 Å². The summed E-state index contributed by atoms with van der Waals surface area (Å²) in [5.41, 5.74) is 3.80. The van der Waals surface area contributed by atoms with Crippen LogP contribution in [0.5, 0.6) is 5.75 Å². The van der Waals surface area contributed by atoms with E-state index in [2.05, 4.69) is 11.9 Å². The predicted octanol–water partition coefficient (Wildman–Crippen LogP) is 4.59. The highest BCUT2D eigenvalue weighted by Gasteiger charge is 2.34. The summed E-state index contributed by atoms with van der Waals surface area (Å²) in [6, 6.07) is 7.85. The van der Waals surface area contributed by atoms with Crippen molar-refractivity contribution < 1.29 is 19.1 Å². The monoisotopic (exact) mass is 381 g/mol. The number of fused-ring (bicyclic) bond motifs is 1. The molecule has 2 aliphatic rings. The van der Waals surface area contributed by atoms with Crippen LogP contribution >= 0.6 is 0 Å². The number of rotatable bonds is 4. The molecule has 28 heavy (non-hydrogen) atoms. The maximum absolute atomic E-state index is 12.8. The minimum atomic E-state index is -0.334. The second kappa shape index (κ2) is 7.46. The van der Waals surface area contributed by atoms with Crippen LogP contribution in [-0.4, -0.2) is 30.0 Å². The number of ketones is 1. The number of nitrogens with one attached hydrogen (secondary N) is 1. The van der Waals surface area contributed by atoms with Crippen molar-refractivity contribution in [3.63, 3.8) is 0 Å². The van der Waals surface area contributed by atoms with Gasteiger partial charge in [0.15, 0.2) is 5.78 Å². The summed E-state index contributed by atoms with van der Waals surface area (Å²) in [6.07, 6.45) is 4.26. The molecular formula is C23H27NO4. The molecule has 2 aliphatic carbocycles. The lowest BCUT2D eigenvalue weighted by Gasteiger charge is -2.22. The molecule has 0 amide bonds. The average molecular weight is 381 g/mol. The molecular weight excluding hydrogens is 354 g/mol. The summed E-state index contributed by atoms with van der Waals surface area (Å²) in [5.74, 6) is 1.05. The van der Waals surface area contributed by atoms with E-state index in [0.717, 1.165) is 41.8 Å². The van der Waals surface area contributed by atoms with Crippen molar-refractivity contribution in [2.45, 2.75) is 58.0 Å². The first-order valence-electron chi connectivity index (χ1n) is 10.1. The molecule has 0 radical (unpaired) electrons. The van der Waals surface area contributed by atoms with Crippen LogP contribution in [0.3, 0.4) is 0 Å². The van der Waals surface area contributed by atoms with Gasteiger partial charge in [-0.05, 0) is 67.7 Å². The van der Waals surface area contributed by atoms with Crippen molar-refractivity contribution in [1.29, 1.82) is 0 Å².